The number of hydrogen-bond acceptors (Lipinski definition) is 5. The van der Waals surface area contributed by atoms with Gasteiger partial charge in [-0.05, 0) is 13.8 Å². The Morgan fingerprint density at radius 2 is 2.53 bits per heavy atom. The summed E-state index contributed by atoms with van der Waals surface area (Å²) in [6.07, 6.45) is 0.184. The zero-order chi connectivity index (χ0) is 12.3. The number of aryl methyl sites for hydroxylation is 1. The topological polar surface area (TPSA) is 67.6 Å². The molecular weight excluding hydrogens is 222 g/mol. The predicted octanol–water partition coefficient (Wildman–Crippen LogP) is 0.642. The van der Waals surface area contributed by atoms with Gasteiger partial charge < -0.3 is 9.26 Å². The summed E-state index contributed by atoms with van der Waals surface area (Å²) in [6, 6.07) is 1.69. The van der Waals surface area contributed by atoms with Crippen LogP contribution in [0.4, 0.5) is 5.88 Å². The summed E-state index contributed by atoms with van der Waals surface area (Å²) < 4.78 is 10.3. The number of hydrogen-bond donors (Lipinski definition) is 1. The van der Waals surface area contributed by atoms with Crippen LogP contribution in [0.2, 0.25) is 0 Å². The van der Waals surface area contributed by atoms with Crippen LogP contribution in [0.5, 0.6) is 0 Å². The molecule has 0 spiro atoms. The van der Waals surface area contributed by atoms with Gasteiger partial charge in [0.15, 0.2) is 0 Å². The number of nitrogens with one attached hydrogen (secondary N) is 1. The largest absolute Gasteiger partial charge is 0.376 e. The number of carbonyl (C=O) groups is 1. The molecule has 1 fully saturated rings. The molecule has 0 aromatic carbocycles. The molecule has 1 unspecified atom stereocenters. The molecule has 1 N–H and O–H groups in total. The zero-order valence-electron chi connectivity index (χ0n) is 10.1. The molecule has 1 aliphatic rings. The van der Waals surface area contributed by atoms with Gasteiger partial charge in [-0.2, -0.15) is 0 Å². The first-order chi connectivity index (χ1) is 8.13. The van der Waals surface area contributed by atoms with Crippen LogP contribution in [0, 0.1) is 6.92 Å². The second-order valence-electron chi connectivity index (χ2n) is 4.30. The quantitative estimate of drug-likeness (QED) is 0.838. The zero-order valence-corrected chi connectivity index (χ0v) is 10.1. The Kier molecular flexibility index (Phi) is 3.75. The average Bonchev–Trinajstić information content (AvgIpc) is 2.63. The molecule has 1 saturated heterocycles. The highest BCUT2D eigenvalue weighted by Gasteiger charge is 2.19. The van der Waals surface area contributed by atoms with E-state index < -0.39 is 0 Å². The molecule has 1 aliphatic heterocycles. The van der Waals surface area contributed by atoms with Crippen molar-refractivity contribution >= 4 is 11.8 Å². The molecule has 1 atom stereocenters. The summed E-state index contributed by atoms with van der Waals surface area (Å²) in [5.41, 5.74) is 0.750. The summed E-state index contributed by atoms with van der Waals surface area (Å²) in [6.45, 7) is 6.41. The Bertz CT molecular complexity index is 391. The summed E-state index contributed by atoms with van der Waals surface area (Å²) in [5.74, 6) is 0.309. The maximum absolute atomic E-state index is 11.7. The van der Waals surface area contributed by atoms with Gasteiger partial charge in [-0.25, -0.2) is 0 Å². The van der Waals surface area contributed by atoms with Crippen molar-refractivity contribution in [2.24, 2.45) is 0 Å². The van der Waals surface area contributed by atoms with E-state index in [2.05, 4.69) is 15.4 Å². The molecule has 6 nitrogen and oxygen atoms in total. The molecule has 6 heteroatoms. The molecule has 0 radical (unpaired) electrons. The van der Waals surface area contributed by atoms with Crippen LogP contribution in [0.25, 0.3) is 0 Å². The van der Waals surface area contributed by atoms with E-state index in [1.54, 1.807) is 6.07 Å². The van der Waals surface area contributed by atoms with Crippen molar-refractivity contribution in [3.05, 3.63) is 11.8 Å². The van der Waals surface area contributed by atoms with Gasteiger partial charge in [-0.1, -0.05) is 5.16 Å². The number of nitrogens with zero attached hydrogens (tertiary/aromatic N) is 2. The lowest BCUT2D eigenvalue weighted by Gasteiger charge is -2.30. The summed E-state index contributed by atoms with van der Waals surface area (Å²) in [7, 11) is 0. The van der Waals surface area contributed by atoms with Crippen molar-refractivity contribution in [1.29, 1.82) is 0 Å². The maximum Gasteiger partial charge on any atom is 0.240 e. The summed E-state index contributed by atoms with van der Waals surface area (Å²) >= 11 is 0. The molecule has 1 amide bonds. The minimum atomic E-state index is -0.0877. The number of carbonyl (C=O) groups excluding carboxylic acids is 1. The first-order valence-corrected chi connectivity index (χ1v) is 5.70. The Hall–Kier alpha value is -1.40. The number of amides is 1. The van der Waals surface area contributed by atoms with Crippen LogP contribution in [0.3, 0.4) is 0 Å². The molecule has 1 aromatic rings. The third-order valence-corrected chi connectivity index (χ3v) is 2.58. The number of morpholine rings is 1. The van der Waals surface area contributed by atoms with Crippen LogP contribution in [0.15, 0.2) is 10.6 Å². The van der Waals surface area contributed by atoms with Gasteiger partial charge in [0.25, 0.3) is 0 Å². The number of rotatable bonds is 3. The van der Waals surface area contributed by atoms with Gasteiger partial charge in [0, 0.05) is 19.2 Å². The van der Waals surface area contributed by atoms with Crippen LogP contribution in [0.1, 0.15) is 12.6 Å². The molecule has 1 aromatic heterocycles. The van der Waals surface area contributed by atoms with Crippen molar-refractivity contribution in [1.82, 2.24) is 10.1 Å². The van der Waals surface area contributed by atoms with Crippen molar-refractivity contribution in [2.75, 3.05) is 31.6 Å². The molecule has 94 valence electrons. The van der Waals surface area contributed by atoms with E-state index in [4.69, 9.17) is 9.26 Å². The highest BCUT2D eigenvalue weighted by molar-refractivity contribution is 5.90. The second-order valence-corrected chi connectivity index (χ2v) is 4.30. The Labute approximate surface area is 99.9 Å². The van der Waals surface area contributed by atoms with E-state index in [1.807, 2.05) is 13.8 Å². The van der Waals surface area contributed by atoms with Crippen molar-refractivity contribution < 1.29 is 14.1 Å². The van der Waals surface area contributed by atoms with Crippen LogP contribution in [-0.4, -0.2) is 48.3 Å². The lowest BCUT2D eigenvalue weighted by molar-refractivity contribution is -0.119. The maximum atomic E-state index is 11.7. The third kappa shape index (κ3) is 3.54. The molecule has 2 heterocycles. The molecular formula is C11H17N3O3. The van der Waals surface area contributed by atoms with E-state index >= 15 is 0 Å². The Morgan fingerprint density at radius 1 is 1.71 bits per heavy atom. The number of anilines is 1. The summed E-state index contributed by atoms with van der Waals surface area (Å²) in [5, 5.41) is 6.38. The van der Waals surface area contributed by atoms with Gasteiger partial charge in [0.05, 0.1) is 24.9 Å². The van der Waals surface area contributed by atoms with E-state index in [9.17, 15) is 4.79 Å². The van der Waals surface area contributed by atoms with E-state index in [0.29, 0.717) is 19.0 Å². The average molecular weight is 239 g/mol. The van der Waals surface area contributed by atoms with Crippen LogP contribution < -0.4 is 5.32 Å². The molecule has 17 heavy (non-hydrogen) atoms. The molecule has 2 rings (SSSR count). The minimum Gasteiger partial charge on any atom is -0.376 e. The van der Waals surface area contributed by atoms with Gasteiger partial charge in [-0.15, -0.1) is 0 Å². The van der Waals surface area contributed by atoms with Crippen molar-refractivity contribution in [3.8, 4) is 0 Å². The first-order valence-electron chi connectivity index (χ1n) is 5.70. The third-order valence-electron chi connectivity index (χ3n) is 2.58. The van der Waals surface area contributed by atoms with Gasteiger partial charge in [0.2, 0.25) is 11.8 Å². The highest BCUT2D eigenvalue weighted by Crippen LogP contribution is 2.09. The SMILES string of the molecule is Cc1cc(NC(=O)CN2CCOC(C)C2)on1. The highest BCUT2D eigenvalue weighted by atomic mass is 16.5. The second kappa shape index (κ2) is 5.29. The van der Waals surface area contributed by atoms with Gasteiger partial charge >= 0.3 is 0 Å². The number of ether oxygens (including phenoxy) is 1. The Morgan fingerprint density at radius 3 is 3.18 bits per heavy atom. The van der Waals surface area contributed by atoms with Crippen LogP contribution in [-0.2, 0) is 9.53 Å². The van der Waals surface area contributed by atoms with Gasteiger partial charge in [0.1, 0.15) is 0 Å². The normalized spacial score (nSPS) is 21.4. The lowest BCUT2D eigenvalue weighted by atomic mass is 10.3. The molecule has 0 aliphatic carbocycles. The van der Waals surface area contributed by atoms with Gasteiger partial charge in [-0.3, -0.25) is 15.0 Å². The summed E-state index contributed by atoms with van der Waals surface area (Å²) in [4.78, 5) is 13.8. The molecule has 0 bridgehead atoms. The fraction of sp³-hybridized carbons (Fsp3) is 0.636. The smallest absolute Gasteiger partial charge is 0.240 e. The van der Waals surface area contributed by atoms with Crippen molar-refractivity contribution in [3.63, 3.8) is 0 Å². The van der Waals surface area contributed by atoms with E-state index in [1.165, 1.54) is 0 Å². The molecule has 0 saturated carbocycles. The Balaban J connectivity index is 1.80. The fourth-order valence-electron chi connectivity index (χ4n) is 1.84. The van der Waals surface area contributed by atoms with Crippen molar-refractivity contribution in [2.45, 2.75) is 20.0 Å². The fourth-order valence-corrected chi connectivity index (χ4v) is 1.84. The predicted molar refractivity (Wildman–Crippen MR) is 61.7 cm³/mol. The lowest BCUT2D eigenvalue weighted by Crippen LogP contribution is -2.44. The van der Waals surface area contributed by atoms with E-state index in [-0.39, 0.29) is 12.0 Å². The standard InChI is InChI=1S/C11H17N3O3/c1-8-5-11(17-13-8)12-10(15)7-14-3-4-16-9(2)6-14/h5,9H,3-4,6-7H2,1-2H3,(H,12,15). The minimum absolute atomic E-state index is 0.0877. The monoisotopic (exact) mass is 239 g/mol. The first kappa shape index (κ1) is 12.1. The number of aromatic nitrogens is 1. The van der Waals surface area contributed by atoms with E-state index in [0.717, 1.165) is 18.8 Å². The van der Waals surface area contributed by atoms with Crippen LogP contribution >= 0.6 is 0 Å².